The quantitative estimate of drug-likeness (QED) is 0.869. The molecule has 3 nitrogen and oxygen atoms in total. The van der Waals surface area contributed by atoms with Crippen molar-refractivity contribution in [3.8, 4) is 5.75 Å². The van der Waals surface area contributed by atoms with E-state index in [0.29, 0.717) is 6.61 Å². The van der Waals surface area contributed by atoms with Gasteiger partial charge < -0.3 is 14.8 Å². The van der Waals surface area contributed by atoms with Crippen LogP contribution in [0.4, 0.5) is 0 Å². The third-order valence-electron chi connectivity index (χ3n) is 3.30. The van der Waals surface area contributed by atoms with E-state index in [9.17, 15) is 0 Å². The van der Waals surface area contributed by atoms with E-state index in [4.69, 9.17) is 9.47 Å². The fourth-order valence-electron chi connectivity index (χ4n) is 2.13. The number of hydrogen-bond acceptors (Lipinski definition) is 3. The second-order valence-corrected chi connectivity index (χ2v) is 4.87. The van der Waals surface area contributed by atoms with Gasteiger partial charge in [0.25, 0.3) is 0 Å². The molecule has 2 rings (SSSR count). The number of benzene rings is 1. The summed E-state index contributed by atoms with van der Waals surface area (Å²) in [5, 5.41) is 3.38. The summed E-state index contributed by atoms with van der Waals surface area (Å²) >= 11 is 0. The SMILES string of the molecule is COc1ccc(COC2(C)CCCNC2)cc1. The lowest BCUT2D eigenvalue weighted by molar-refractivity contribution is -0.0571. The van der Waals surface area contributed by atoms with Gasteiger partial charge in [-0.3, -0.25) is 0 Å². The molecule has 1 aliphatic heterocycles. The largest absolute Gasteiger partial charge is 0.497 e. The Hall–Kier alpha value is -1.06. The molecule has 0 aromatic heterocycles. The van der Waals surface area contributed by atoms with Crippen molar-refractivity contribution in [1.82, 2.24) is 5.32 Å². The monoisotopic (exact) mass is 235 g/mol. The molecule has 0 bridgehead atoms. The highest BCUT2D eigenvalue weighted by atomic mass is 16.5. The van der Waals surface area contributed by atoms with Crippen molar-refractivity contribution in [3.63, 3.8) is 0 Å². The predicted molar refractivity (Wildman–Crippen MR) is 68.3 cm³/mol. The van der Waals surface area contributed by atoms with Crippen molar-refractivity contribution < 1.29 is 9.47 Å². The third-order valence-corrected chi connectivity index (χ3v) is 3.30. The summed E-state index contributed by atoms with van der Waals surface area (Å²) in [6.07, 6.45) is 2.33. The highest BCUT2D eigenvalue weighted by Gasteiger charge is 2.27. The second kappa shape index (κ2) is 5.52. The number of methoxy groups -OCH3 is 1. The van der Waals surface area contributed by atoms with Crippen LogP contribution in [-0.2, 0) is 11.3 Å². The Morgan fingerprint density at radius 1 is 1.29 bits per heavy atom. The molecular weight excluding hydrogens is 214 g/mol. The Morgan fingerprint density at radius 2 is 2.06 bits per heavy atom. The van der Waals surface area contributed by atoms with Crippen molar-refractivity contribution in [3.05, 3.63) is 29.8 Å². The van der Waals surface area contributed by atoms with E-state index >= 15 is 0 Å². The van der Waals surface area contributed by atoms with Gasteiger partial charge >= 0.3 is 0 Å². The molecule has 1 heterocycles. The van der Waals surface area contributed by atoms with Crippen LogP contribution in [-0.4, -0.2) is 25.8 Å². The summed E-state index contributed by atoms with van der Waals surface area (Å²) in [6, 6.07) is 8.05. The Kier molecular flexibility index (Phi) is 4.02. The van der Waals surface area contributed by atoms with Crippen LogP contribution in [0.5, 0.6) is 5.75 Å². The summed E-state index contributed by atoms with van der Waals surface area (Å²) < 4.78 is 11.2. The van der Waals surface area contributed by atoms with Crippen LogP contribution in [0.15, 0.2) is 24.3 Å². The lowest BCUT2D eigenvalue weighted by atomic mass is 9.96. The maximum Gasteiger partial charge on any atom is 0.118 e. The van der Waals surface area contributed by atoms with E-state index in [0.717, 1.165) is 25.3 Å². The van der Waals surface area contributed by atoms with E-state index in [2.05, 4.69) is 24.4 Å². The molecule has 1 aromatic rings. The van der Waals surface area contributed by atoms with Crippen molar-refractivity contribution in [1.29, 1.82) is 0 Å². The normalized spacial score (nSPS) is 24.6. The average Bonchev–Trinajstić information content (AvgIpc) is 2.38. The van der Waals surface area contributed by atoms with Gasteiger partial charge in [0.15, 0.2) is 0 Å². The molecule has 0 radical (unpaired) electrons. The lowest BCUT2D eigenvalue weighted by Crippen LogP contribution is -2.45. The number of piperidine rings is 1. The van der Waals surface area contributed by atoms with Crippen LogP contribution in [0, 0.1) is 0 Å². The fourth-order valence-corrected chi connectivity index (χ4v) is 2.13. The first-order chi connectivity index (χ1) is 8.22. The van der Waals surface area contributed by atoms with Crippen LogP contribution in [0.2, 0.25) is 0 Å². The summed E-state index contributed by atoms with van der Waals surface area (Å²) in [7, 11) is 1.68. The first-order valence-corrected chi connectivity index (χ1v) is 6.19. The van der Waals surface area contributed by atoms with Gasteiger partial charge in [0.1, 0.15) is 5.75 Å². The summed E-state index contributed by atoms with van der Waals surface area (Å²) in [6.45, 7) is 4.91. The van der Waals surface area contributed by atoms with Crippen LogP contribution in [0.3, 0.4) is 0 Å². The van der Waals surface area contributed by atoms with Gasteiger partial charge in [-0.15, -0.1) is 0 Å². The van der Waals surface area contributed by atoms with Crippen LogP contribution in [0.1, 0.15) is 25.3 Å². The molecule has 1 fully saturated rings. The zero-order chi connectivity index (χ0) is 12.1. The average molecular weight is 235 g/mol. The highest BCUT2D eigenvalue weighted by molar-refractivity contribution is 5.26. The van der Waals surface area contributed by atoms with Crippen LogP contribution < -0.4 is 10.1 Å². The van der Waals surface area contributed by atoms with Gasteiger partial charge in [0.2, 0.25) is 0 Å². The van der Waals surface area contributed by atoms with Gasteiger partial charge in [-0.25, -0.2) is 0 Å². The van der Waals surface area contributed by atoms with E-state index in [1.165, 1.54) is 12.0 Å². The molecule has 17 heavy (non-hydrogen) atoms. The zero-order valence-electron chi connectivity index (χ0n) is 10.7. The summed E-state index contributed by atoms with van der Waals surface area (Å²) in [4.78, 5) is 0. The maximum atomic E-state index is 6.03. The molecule has 1 aromatic carbocycles. The number of hydrogen-bond donors (Lipinski definition) is 1. The van der Waals surface area contributed by atoms with E-state index < -0.39 is 0 Å². The Bertz CT molecular complexity index is 342. The lowest BCUT2D eigenvalue weighted by Gasteiger charge is -2.34. The molecule has 0 saturated carbocycles. The molecule has 0 aliphatic carbocycles. The number of nitrogens with one attached hydrogen (secondary N) is 1. The molecule has 94 valence electrons. The summed E-state index contributed by atoms with van der Waals surface area (Å²) in [5.74, 6) is 0.888. The molecule has 3 heteroatoms. The Morgan fingerprint density at radius 3 is 2.65 bits per heavy atom. The van der Waals surface area contributed by atoms with E-state index in [1.807, 2.05) is 12.1 Å². The van der Waals surface area contributed by atoms with E-state index in [-0.39, 0.29) is 5.60 Å². The van der Waals surface area contributed by atoms with Crippen LogP contribution >= 0.6 is 0 Å². The molecule has 0 spiro atoms. The van der Waals surface area contributed by atoms with Crippen LogP contribution in [0.25, 0.3) is 0 Å². The van der Waals surface area contributed by atoms with Crippen molar-refractivity contribution in [2.75, 3.05) is 20.2 Å². The molecule has 1 atom stereocenters. The van der Waals surface area contributed by atoms with Crippen molar-refractivity contribution in [2.24, 2.45) is 0 Å². The molecular formula is C14H21NO2. The van der Waals surface area contributed by atoms with Crippen molar-refractivity contribution in [2.45, 2.75) is 32.0 Å². The Labute approximate surface area is 103 Å². The standard InChI is InChI=1S/C14H21NO2/c1-14(8-3-9-15-11-14)17-10-12-4-6-13(16-2)7-5-12/h4-7,15H,3,8-11H2,1-2H3. The number of ether oxygens (including phenoxy) is 2. The smallest absolute Gasteiger partial charge is 0.118 e. The van der Waals surface area contributed by atoms with Gasteiger partial charge in [0, 0.05) is 6.54 Å². The summed E-state index contributed by atoms with van der Waals surface area (Å²) in [5.41, 5.74) is 1.18. The highest BCUT2D eigenvalue weighted by Crippen LogP contribution is 2.22. The molecule has 1 unspecified atom stereocenters. The van der Waals surface area contributed by atoms with Gasteiger partial charge in [-0.1, -0.05) is 12.1 Å². The minimum Gasteiger partial charge on any atom is -0.497 e. The topological polar surface area (TPSA) is 30.5 Å². The van der Waals surface area contributed by atoms with Crippen molar-refractivity contribution >= 4 is 0 Å². The number of rotatable bonds is 4. The van der Waals surface area contributed by atoms with Gasteiger partial charge in [-0.2, -0.15) is 0 Å². The zero-order valence-corrected chi connectivity index (χ0v) is 10.7. The molecule has 0 amide bonds. The first kappa shape index (κ1) is 12.4. The van der Waals surface area contributed by atoms with Gasteiger partial charge in [0.05, 0.1) is 19.3 Å². The first-order valence-electron chi connectivity index (χ1n) is 6.19. The predicted octanol–water partition coefficient (Wildman–Crippen LogP) is 2.35. The fraction of sp³-hybridized carbons (Fsp3) is 0.571. The van der Waals surface area contributed by atoms with E-state index in [1.54, 1.807) is 7.11 Å². The second-order valence-electron chi connectivity index (χ2n) is 4.87. The molecule has 1 N–H and O–H groups in total. The minimum atomic E-state index is -0.0157. The molecule has 1 aliphatic rings. The minimum absolute atomic E-state index is 0.0157. The maximum absolute atomic E-state index is 6.03. The van der Waals surface area contributed by atoms with Gasteiger partial charge in [-0.05, 0) is 44.0 Å². The molecule has 1 saturated heterocycles. The Balaban J connectivity index is 1.87. The third kappa shape index (κ3) is 3.45.